The van der Waals surface area contributed by atoms with Gasteiger partial charge >= 0.3 is 6.18 Å². The average molecular weight is 403 g/mol. The molecule has 0 amide bonds. The van der Waals surface area contributed by atoms with Crippen LogP contribution in [0.15, 0.2) is 79.5 Å². The van der Waals surface area contributed by atoms with E-state index in [9.17, 15) is 17.6 Å². The van der Waals surface area contributed by atoms with Gasteiger partial charge < -0.3 is 9.47 Å². The second-order valence-corrected chi connectivity index (χ2v) is 7.01. The highest BCUT2D eigenvalue weighted by molar-refractivity contribution is 5.26. The second-order valence-electron chi connectivity index (χ2n) is 7.01. The Balaban J connectivity index is 1.76. The van der Waals surface area contributed by atoms with Gasteiger partial charge in [0.25, 0.3) is 0 Å². The fourth-order valence-electron chi connectivity index (χ4n) is 3.39. The number of alkyl halides is 3. The first kappa shape index (κ1) is 20.9. The molecule has 0 saturated heterocycles. The molecule has 0 bridgehead atoms. The van der Waals surface area contributed by atoms with Gasteiger partial charge in [-0.05, 0) is 42.0 Å². The zero-order chi connectivity index (χ0) is 20.9. The molecule has 0 fully saturated rings. The SMILES string of the molecule is C=CC[NH+](Cc1ccccc1F)Cc1cccn1Cc1cccc(C(F)(F)F)c1. The maximum atomic E-state index is 14.0. The van der Waals surface area contributed by atoms with Crippen LogP contribution in [-0.2, 0) is 25.8 Å². The molecule has 0 radical (unpaired) electrons. The Morgan fingerprint density at radius 3 is 2.48 bits per heavy atom. The molecule has 0 aliphatic carbocycles. The summed E-state index contributed by atoms with van der Waals surface area (Å²) < 4.78 is 54.9. The summed E-state index contributed by atoms with van der Waals surface area (Å²) in [6.45, 7) is 5.87. The van der Waals surface area contributed by atoms with E-state index in [0.29, 0.717) is 37.3 Å². The summed E-state index contributed by atoms with van der Waals surface area (Å²) in [6, 6.07) is 15.9. The number of aromatic nitrogens is 1. The molecule has 1 N–H and O–H groups in total. The van der Waals surface area contributed by atoms with Gasteiger partial charge in [-0.25, -0.2) is 4.39 Å². The van der Waals surface area contributed by atoms with Crippen LogP contribution in [0.5, 0.6) is 0 Å². The van der Waals surface area contributed by atoms with Gasteiger partial charge in [0.05, 0.1) is 17.8 Å². The summed E-state index contributed by atoms with van der Waals surface area (Å²) in [5.74, 6) is -0.242. The lowest BCUT2D eigenvalue weighted by Gasteiger charge is -2.20. The minimum absolute atomic E-state index is 0.242. The predicted octanol–water partition coefficient (Wildman–Crippen LogP) is 4.47. The summed E-state index contributed by atoms with van der Waals surface area (Å²) in [6.07, 6.45) is -0.722. The zero-order valence-corrected chi connectivity index (χ0v) is 15.9. The van der Waals surface area contributed by atoms with Gasteiger partial charge in [0, 0.05) is 18.3 Å². The van der Waals surface area contributed by atoms with Crippen LogP contribution in [0, 0.1) is 5.82 Å². The molecule has 29 heavy (non-hydrogen) atoms. The fourth-order valence-corrected chi connectivity index (χ4v) is 3.39. The van der Waals surface area contributed by atoms with Crippen molar-refractivity contribution in [3.05, 3.63) is 108 Å². The number of hydrogen-bond donors (Lipinski definition) is 1. The Labute approximate surface area is 167 Å². The summed E-state index contributed by atoms with van der Waals surface area (Å²) >= 11 is 0. The van der Waals surface area contributed by atoms with E-state index in [1.807, 2.05) is 22.9 Å². The molecule has 1 heterocycles. The van der Waals surface area contributed by atoms with E-state index in [2.05, 4.69) is 6.58 Å². The second kappa shape index (κ2) is 9.09. The minimum Gasteiger partial charge on any atom is -0.342 e. The molecule has 2 nitrogen and oxygen atoms in total. The zero-order valence-electron chi connectivity index (χ0n) is 15.9. The third kappa shape index (κ3) is 5.57. The highest BCUT2D eigenvalue weighted by atomic mass is 19.4. The van der Waals surface area contributed by atoms with E-state index in [1.165, 1.54) is 18.2 Å². The molecule has 0 spiro atoms. The number of halogens is 4. The third-order valence-corrected chi connectivity index (χ3v) is 4.79. The Morgan fingerprint density at radius 2 is 1.76 bits per heavy atom. The van der Waals surface area contributed by atoms with E-state index in [-0.39, 0.29) is 5.82 Å². The number of quaternary nitrogens is 1. The van der Waals surface area contributed by atoms with Gasteiger partial charge in [0.1, 0.15) is 18.9 Å². The molecule has 1 aromatic heterocycles. The highest BCUT2D eigenvalue weighted by Gasteiger charge is 2.30. The predicted molar refractivity (Wildman–Crippen MR) is 105 cm³/mol. The largest absolute Gasteiger partial charge is 0.416 e. The molecule has 1 unspecified atom stereocenters. The van der Waals surface area contributed by atoms with Crippen LogP contribution in [0.2, 0.25) is 0 Å². The van der Waals surface area contributed by atoms with Crippen LogP contribution in [0.25, 0.3) is 0 Å². The maximum Gasteiger partial charge on any atom is 0.416 e. The van der Waals surface area contributed by atoms with Crippen molar-refractivity contribution in [2.45, 2.75) is 25.8 Å². The molecular weight excluding hydrogens is 380 g/mol. The number of benzene rings is 2. The van der Waals surface area contributed by atoms with Gasteiger partial charge in [0.2, 0.25) is 0 Å². The summed E-state index contributed by atoms with van der Waals surface area (Å²) in [5, 5.41) is 0. The third-order valence-electron chi connectivity index (χ3n) is 4.79. The van der Waals surface area contributed by atoms with Crippen molar-refractivity contribution in [3.8, 4) is 0 Å². The van der Waals surface area contributed by atoms with Gasteiger partial charge in [0.15, 0.2) is 0 Å². The average Bonchev–Trinajstić information content (AvgIpc) is 3.10. The molecule has 0 aliphatic rings. The Bertz CT molecular complexity index is 959. The Morgan fingerprint density at radius 1 is 0.966 bits per heavy atom. The lowest BCUT2D eigenvalue weighted by Crippen LogP contribution is -3.09. The van der Waals surface area contributed by atoms with Gasteiger partial charge in [-0.2, -0.15) is 13.2 Å². The van der Waals surface area contributed by atoms with Gasteiger partial charge in [-0.15, -0.1) is 0 Å². The molecule has 1 atom stereocenters. The molecule has 2 aromatic carbocycles. The monoisotopic (exact) mass is 403 g/mol. The molecule has 3 rings (SSSR count). The number of hydrogen-bond acceptors (Lipinski definition) is 0. The van der Waals surface area contributed by atoms with Crippen molar-refractivity contribution >= 4 is 0 Å². The molecule has 152 valence electrons. The molecule has 0 aliphatic heterocycles. The number of nitrogens with one attached hydrogen (secondary N) is 1. The summed E-state index contributed by atoms with van der Waals surface area (Å²) in [7, 11) is 0. The van der Waals surface area contributed by atoms with Crippen molar-refractivity contribution in [1.82, 2.24) is 4.57 Å². The van der Waals surface area contributed by atoms with Crippen LogP contribution < -0.4 is 4.90 Å². The van der Waals surface area contributed by atoms with E-state index in [0.717, 1.165) is 16.7 Å². The van der Waals surface area contributed by atoms with Crippen molar-refractivity contribution in [2.75, 3.05) is 6.54 Å². The van der Waals surface area contributed by atoms with Crippen molar-refractivity contribution in [2.24, 2.45) is 0 Å². The van der Waals surface area contributed by atoms with E-state index < -0.39 is 11.7 Å². The highest BCUT2D eigenvalue weighted by Crippen LogP contribution is 2.29. The van der Waals surface area contributed by atoms with Crippen LogP contribution >= 0.6 is 0 Å². The number of rotatable bonds is 8. The first-order valence-corrected chi connectivity index (χ1v) is 9.35. The van der Waals surface area contributed by atoms with Crippen LogP contribution in [0.4, 0.5) is 17.6 Å². The van der Waals surface area contributed by atoms with Crippen molar-refractivity contribution < 1.29 is 22.5 Å². The molecule has 6 heteroatoms. The summed E-state index contributed by atoms with van der Waals surface area (Å²) in [5.41, 5.74) is 1.52. The maximum absolute atomic E-state index is 14.0. The van der Waals surface area contributed by atoms with Crippen molar-refractivity contribution in [1.29, 1.82) is 0 Å². The first-order chi connectivity index (χ1) is 13.9. The number of nitrogens with zero attached hydrogens (tertiary/aromatic N) is 1. The van der Waals surface area contributed by atoms with E-state index >= 15 is 0 Å². The smallest absolute Gasteiger partial charge is 0.342 e. The lowest BCUT2D eigenvalue weighted by atomic mass is 10.1. The summed E-state index contributed by atoms with van der Waals surface area (Å²) in [4.78, 5) is 1.09. The lowest BCUT2D eigenvalue weighted by molar-refractivity contribution is -0.922. The fraction of sp³-hybridized carbons (Fsp3) is 0.217. The molecule has 3 aromatic rings. The van der Waals surface area contributed by atoms with E-state index in [4.69, 9.17) is 0 Å². The molecular formula is C23H23F4N2+. The quantitative estimate of drug-likeness (QED) is 0.420. The van der Waals surface area contributed by atoms with Crippen molar-refractivity contribution in [3.63, 3.8) is 0 Å². The van der Waals surface area contributed by atoms with Gasteiger partial charge in [-0.3, -0.25) is 0 Å². The molecule has 0 saturated carbocycles. The minimum atomic E-state index is -4.36. The van der Waals surface area contributed by atoms with Crippen LogP contribution in [0.3, 0.4) is 0 Å². The Kier molecular flexibility index (Phi) is 6.54. The van der Waals surface area contributed by atoms with Crippen LogP contribution in [-0.4, -0.2) is 11.1 Å². The van der Waals surface area contributed by atoms with Gasteiger partial charge in [-0.1, -0.05) is 36.9 Å². The normalized spacial score (nSPS) is 12.7. The first-order valence-electron chi connectivity index (χ1n) is 9.35. The topological polar surface area (TPSA) is 9.37 Å². The standard InChI is InChI=1S/C23H22F4N2/c1-2-12-28(16-19-8-3-4-11-22(19)24)17-21-10-6-13-29(21)15-18-7-5-9-20(14-18)23(25,26)27/h2-11,13-14H,1,12,15-17H2/p+1. The van der Waals surface area contributed by atoms with E-state index in [1.54, 1.807) is 30.3 Å². The van der Waals surface area contributed by atoms with Crippen LogP contribution in [0.1, 0.15) is 22.4 Å². The Hall–Kier alpha value is -2.86.